The summed E-state index contributed by atoms with van der Waals surface area (Å²) in [4.78, 5) is 31.7. The Morgan fingerprint density at radius 2 is 0.794 bits per heavy atom. The van der Waals surface area contributed by atoms with E-state index in [1.165, 1.54) is 4.90 Å². The number of benzene rings is 4. The molecule has 4 aromatic rings. The van der Waals surface area contributed by atoms with Crippen LogP contribution in [0.15, 0.2) is 121 Å². The van der Waals surface area contributed by atoms with Crippen LogP contribution in [0.4, 0.5) is 11.4 Å². The summed E-state index contributed by atoms with van der Waals surface area (Å²) in [7, 11) is 0. The van der Waals surface area contributed by atoms with Gasteiger partial charge < -0.3 is 4.90 Å². The van der Waals surface area contributed by atoms with E-state index < -0.39 is 11.8 Å². The van der Waals surface area contributed by atoms with Crippen LogP contribution >= 0.6 is 0 Å². The number of para-hydroxylation sites is 2. The Hall–Kier alpha value is -4.18. The number of imide groups is 1. The van der Waals surface area contributed by atoms with Crippen molar-refractivity contribution in [1.29, 1.82) is 0 Å². The van der Waals surface area contributed by atoms with Crippen LogP contribution in [0.1, 0.15) is 23.2 Å². The fourth-order valence-corrected chi connectivity index (χ4v) is 5.69. The van der Waals surface area contributed by atoms with Crippen molar-refractivity contribution in [2.24, 2.45) is 11.8 Å². The lowest BCUT2D eigenvalue weighted by Crippen LogP contribution is -2.38. The summed E-state index contributed by atoms with van der Waals surface area (Å²) < 4.78 is 0. The Bertz CT molecular complexity index is 1240. The Kier molecular flexibility index (Phi) is 4.99. The summed E-state index contributed by atoms with van der Waals surface area (Å²) in [5.74, 6) is -1.23. The van der Waals surface area contributed by atoms with Crippen LogP contribution in [-0.2, 0) is 9.59 Å². The Balaban J connectivity index is 1.57. The first-order valence-corrected chi connectivity index (χ1v) is 11.6. The topological polar surface area (TPSA) is 40.6 Å². The number of fused-ring (bicyclic) bond motifs is 1. The highest BCUT2D eigenvalue weighted by Crippen LogP contribution is 2.57. The first kappa shape index (κ1) is 20.4. The molecule has 0 saturated carbocycles. The van der Waals surface area contributed by atoms with E-state index in [0.29, 0.717) is 5.69 Å². The standard InChI is InChI=1S/C30H24N2O2/c33-29-25-26(30(34)32(29)24-19-11-4-12-20-24)28(22-15-7-2-8-16-22)31(23-17-9-3-10-18-23)27(25)21-13-5-1-6-14-21/h1-20,25-28H/t25-,26-,27-,28+/m0/s1. The maximum absolute atomic E-state index is 14.0. The molecule has 2 aliphatic rings. The molecule has 0 radical (unpaired) electrons. The van der Waals surface area contributed by atoms with Crippen molar-refractivity contribution in [2.45, 2.75) is 12.1 Å². The van der Waals surface area contributed by atoms with E-state index in [4.69, 9.17) is 0 Å². The first-order valence-electron chi connectivity index (χ1n) is 11.6. The monoisotopic (exact) mass is 444 g/mol. The van der Waals surface area contributed by atoms with Crippen LogP contribution in [0, 0.1) is 11.8 Å². The van der Waals surface area contributed by atoms with Crippen molar-refractivity contribution in [3.63, 3.8) is 0 Å². The number of rotatable bonds is 4. The van der Waals surface area contributed by atoms with Crippen molar-refractivity contribution >= 4 is 23.2 Å². The zero-order valence-corrected chi connectivity index (χ0v) is 18.6. The summed E-state index contributed by atoms with van der Waals surface area (Å²) in [6.07, 6.45) is 0. The number of carbonyl (C=O) groups excluding carboxylic acids is 2. The lowest BCUT2D eigenvalue weighted by molar-refractivity contribution is -0.123. The maximum atomic E-state index is 14.0. The van der Waals surface area contributed by atoms with Crippen molar-refractivity contribution in [1.82, 2.24) is 0 Å². The highest BCUT2D eigenvalue weighted by molar-refractivity contribution is 6.23. The Morgan fingerprint density at radius 3 is 1.21 bits per heavy atom. The second-order valence-electron chi connectivity index (χ2n) is 8.85. The highest BCUT2D eigenvalue weighted by Gasteiger charge is 2.63. The van der Waals surface area contributed by atoms with Gasteiger partial charge in [0.1, 0.15) is 0 Å². The highest BCUT2D eigenvalue weighted by atomic mass is 16.2. The average Bonchev–Trinajstić information content (AvgIpc) is 3.39. The summed E-state index contributed by atoms with van der Waals surface area (Å²) in [6.45, 7) is 0. The summed E-state index contributed by atoms with van der Waals surface area (Å²) in [5.41, 5.74) is 3.72. The predicted octanol–water partition coefficient (Wildman–Crippen LogP) is 5.80. The molecule has 2 aliphatic heterocycles. The largest absolute Gasteiger partial charge is 0.356 e. The molecule has 0 spiro atoms. The van der Waals surface area contributed by atoms with E-state index in [2.05, 4.69) is 41.3 Å². The molecule has 2 fully saturated rings. The van der Waals surface area contributed by atoms with Crippen LogP contribution in [0.2, 0.25) is 0 Å². The van der Waals surface area contributed by atoms with Gasteiger partial charge in [-0.15, -0.1) is 0 Å². The molecular formula is C30H24N2O2. The first-order chi connectivity index (χ1) is 16.8. The molecule has 0 bridgehead atoms. The van der Waals surface area contributed by atoms with Gasteiger partial charge in [0.2, 0.25) is 11.8 Å². The van der Waals surface area contributed by atoms with Gasteiger partial charge in [0.15, 0.2) is 0 Å². The number of carbonyl (C=O) groups is 2. The van der Waals surface area contributed by atoms with E-state index >= 15 is 0 Å². The molecule has 0 unspecified atom stereocenters. The molecule has 0 aromatic heterocycles. The summed E-state index contributed by atoms with van der Waals surface area (Å²) in [5, 5.41) is 0. The minimum atomic E-state index is -0.486. The molecule has 0 N–H and O–H groups in total. The molecule has 166 valence electrons. The summed E-state index contributed by atoms with van der Waals surface area (Å²) in [6, 6.07) is 39.1. The molecular weight excluding hydrogens is 420 g/mol. The van der Waals surface area contributed by atoms with Gasteiger partial charge >= 0.3 is 0 Å². The van der Waals surface area contributed by atoms with Crippen LogP contribution in [0.3, 0.4) is 0 Å². The number of nitrogens with zero attached hydrogens (tertiary/aromatic N) is 2. The van der Waals surface area contributed by atoms with Gasteiger partial charge in [-0.25, -0.2) is 4.90 Å². The molecule has 6 rings (SSSR count). The van der Waals surface area contributed by atoms with Crippen molar-refractivity contribution < 1.29 is 9.59 Å². The van der Waals surface area contributed by atoms with Crippen molar-refractivity contribution in [3.05, 3.63) is 132 Å². The SMILES string of the molecule is O=C1[C@H]2[C@H](C(=O)N1c1ccccc1)[C@H](c1ccccc1)N(c1ccccc1)[C@@H]2c1ccccc1. The number of amides is 2. The molecule has 34 heavy (non-hydrogen) atoms. The number of hydrogen-bond donors (Lipinski definition) is 0. The van der Waals surface area contributed by atoms with Crippen LogP contribution in [0.25, 0.3) is 0 Å². The minimum Gasteiger partial charge on any atom is -0.356 e. The van der Waals surface area contributed by atoms with Crippen molar-refractivity contribution in [3.8, 4) is 0 Å². The fourth-order valence-electron chi connectivity index (χ4n) is 5.69. The zero-order chi connectivity index (χ0) is 23.1. The van der Waals surface area contributed by atoms with Gasteiger partial charge in [0.25, 0.3) is 0 Å². The van der Waals surface area contributed by atoms with E-state index in [9.17, 15) is 9.59 Å². The third-order valence-corrected chi connectivity index (χ3v) is 7.03. The molecule has 2 heterocycles. The normalized spacial score (nSPS) is 23.9. The Labute approximate surface area is 199 Å². The van der Waals surface area contributed by atoms with Gasteiger partial charge in [0, 0.05) is 5.69 Å². The number of anilines is 2. The molecule has 4 atom stereocenters. The van der Waals surface area contributed by atoms with Gasteiger partial charge in [-0.05, 0) is 35.4 Å². The van der Waals surface area contributed by atoms with Gasteiger partial charge in [-0.1, -0.05) is 97.1 Å². The van der Waals surface area contributed by atoms with Gasteiger partial charge in [0.05, 0.1) is 29.6 Å². The van der Waals surface area contributed by atoms with E-state index in [1.807, 2.05) is 84.9 Å². The van der Waals surface area contributed by atoms with E-state index in [1.54, 1.807) is 0 Å². The second kappa shape index (κ2) is 8.31. The lowest BCUT2D eigenvalue weighted by Gasteiger charge is -2.36. The fraction of sp³-hybridized carbons (Fsp3) is 0.133. The zero-order valence-electron chi connectivity index (χ0n) is 18.6. The second-order valence-corrected chi connectivity index (χ2v) is 8.85. The maximum Gasteiger partial charge on any atom is 0.240 e. The van der Waals surface area contributed by atoms with Crippen LogP contribution < -0.4 is 9.80 Å². The molecule has 2 saturated heterocycles. The van der Waals surface area contributed by atoms with E-state index in [-0.39, 0.29) is 23.9 Å². The Morgan fingerprint density at radius 1 is 0.441 bits per heavy atom. The van der Waals surface area contributed by atoms with Crippen molar-refractivity contribution in [2.75, 3.05) is 9.80 Å². The molecule has 4 nitrogen and oxygen atoms in total. The number of hydrogen-bond acceptors (Lipinski definition) is 3. The third-order valence-electron chi connectivity index (χ3n) is 7.03. The molecule has 2 amide bonds. The minimum absolute atomic E-state index is 0.130. The molecule has 4 heteroatoms. The van der Waals surface area contributed by atoms with Gasteiger partial charge in [-0.2, -0.15) is 0 Å². The molecule has 0 aliphatic carbocycles. The lowest BCUT2D eigenvalue weighted by atomic mass is 9.84. The average molecular weight is 445 g/mol. The van der Waals surface area contributed by atoms with Crippen LogP contribution in [-0.4, -0.2) is 11.8 Å². The quantitative estimate of drug-likeness (QED) is 0.374. The van der Waals surface area contributed by atoms with E-state index in [0.717, 1.165) is 16.8 Å². The summed E-state index contributed by atoms with van der Waals surface area (Å²) >= 11 is 0. The third kappa shape index (κ3) is 3.14. The van der Waals surface area contributed by atoms with Gasteiger partial charge in [-0.3, -0.25) is 9.59 Å². The smallest absolute Gasteiger partial charge is 0.240 e. The molecule has 4 aromatic carbocycles. The van der Waals surface area contributed by atoms with Crippen LogP contribution in [0.5, 0.6) is 0 Å². The predicted molar refractivity (Wildman–Crippen MR) is 133 cm³/mol.